The smallest absolute Gasteiger partial charge is 0.291 e. The molecule has 180 valence electrons. The van der Waals surface area contributed by atoms with E-state index in [4.69, 9.17) is 16.3 Å². The third-order valence-corrected chi connectivity index (χ3v) is 5.79. The lowest BCUT2D eigenvalue weighted by atomic mass is 10.1. The summed E-state index contributed by atoms with van der Waals surface area (Å²) in [6.45, 7) is -1.07. The van der Waals surface area contributed by atoms with Crippen molar-refractivity contribution in [2.45, 2.75) is 12.3 Å². The Kier molecular flexibility index (Phi) is 7.23. The highest BCUT2D eigenvalue weighted by atomic mass is 79.9. The maximum Gasteiger partial charge on any atom is 0.291 e. The van der Waals surface area contributed by atoms with Gasteiger partial charge in [0.2, 0.25) is 0 Å². The van der Waals surface area contributed by atoms with Crippen LogP contribution in [0.1, 0.15) is 27.9 Å². The van der Waals surface area contributed by atoms with E-state index in [1.54, 1.807) is 24.3 Å². The molecule has 0 aliphatic heterocycles. The Morgan fingerprint density at radius 2 is 1.83 bits per heavy atom. The highest BCUT2D eigenvalue weighted by Crippen LogP contribution is 2.35. The van der Waals surface area contributed by atoms with Gasteiger partial charge in [-0.2, -0.15) is 8.78 Å². The number of amides is 1. The zero-order chi connectivity index (χ0) is 25.2. The molecule has 0 bridgehead atoms. The molecular formula is C24H15BrClF4N3O2. The molecule has 4 aromatic rings. The molecule has 1 aromatic heterocycles. The average Bonchev–Trinajstić information content (AvgIpc) is 2.82. The number of nitrogens with one attached hydrogen (secondary N) is 1. The van der Waals surface area contributed by atoms with Gasteiger partial charge in [0.25, 0.3) is 24.1 Å². The second-order valence-electron chi connectivity index (χ2n) is 7.38. The van der Waals surface area contributed by atoms with Crippen LogP contribution in [0.4, 0.5) is 17.6 Å². The number of ether oxygens (including phenoxy) is 1. The van der Waals surface area contributed by atoms with Crippen LogP contribution in [-0.2, 0) is 5.92 Å². The topological polar surface area (TPSA) is 64.1 Å². The molecule has 0 aliphatic rings. The first-order valence-electron chi connectivity index (χ1n) is 10.1. The molecule has 11 heteroatoms. The van der Waals surface area contributed by atoms with Crippen LogP contribution in [0.2, 0.25) is 5.02 Å². The van der Waals surface area contributed by atoms with E-state index in [0.29, 0.717) is 9.99 Å². The van der Waals surface area contributed by atoms with Crippen molar-refractivity contribution in [1.29, 1.82) is 0 Å². The number of carbonyl (C=O) groups excluding carboxylic acids is 1. The molecule has 0 fully saturated rings. The van der Waals surface area contributed by atoms with E-state index in [1.165, 1.54) is 30.3 Å². The van der Waals surface area contributed by atoms with E-state index < -0.39 is 30.4 Å². The number of halogens is 6. The predicted molar refractivity (Wildman–Crippen MR) is 126 cm³/mol. The molecule has 1 amide bonds. The number of aromatic nitrogens is 2. The molecule has 4 rings (SSSR count). The summed E-state index contributed by atoms with van der Waals surface area (Å²) in [5.74, 6) is -4.74. The molecule has 0 unspecified atom stereocenters. The summed E-state index contributed by atoms with van der Waals surface area (Å²) in [5, 5.41) is 10.2. The van der Waals surface area contributed by atoms with E-state index in [2.05, 4.69) is 31.4 Å². The Labute approximate surface area is 210 Å². The fourth-order valence-electron chi connectivity index (χ4n) is 3.31. The number of benzene rings is 3. The SMILES string of the molecule is O=C(NCC(F)(F)c1ccc(Br)cc1Cl)c1c(Oc2cccc(C(F)F)c2)nnc2ccccc12. The quantitative estimate of drug-likeness (QED) is 0.238. The maximum absolute atomic E-state index is 14.9. The lowest BCUT2D eigenvalue weighted by molar-refractivity contribution is -0.00239. The number of nitrogens with zero attached hydrogens (tertiary/aromatic N) is 2. The van der Waals surface area contributed by atoms with Crippen molar-refractivity contribution in [1.82, 2.24) is 15.5 Å². The molecule has 1 N–H and O–H groups in total. The van der Waals surface area contributed by atoms with Gasteiger partial charge in [-0.05, 0) is 30.3 Å². The first kappa shape index (κ1) is 24.9. The monoisotopic (exact) mass is 567 g/mol. The van der Waals surface area contributed by atoms with Crippen LogP contribution < -0.4 is 10.1 Å². The van der Waals surface area contributed by atoms with Gasteiger partial charge in [-0.15, -0.1) is 10.2 Å². The van der Waals surface area contributed by atoms with Gasteiger partial charge < -0.3 is 10.1 Å². The molecule has 0 radical (unpaired) electrons. The van der Waals surface area contributed by atoms with Crippen molar-refractivity contribution >= 4 is 44.3 Å². The number of hydrogen-bond donors (Lipinski definition) is 1. The summed E-state index contributed by atoms with van der Waals surface area (Å²) in [6, 6.07) is 15.4. The van der Waals surface area contributed by atoms with Crippen molar-refractivity contribution < 1.29 is 27.1 Å². The average molecular weight is 569 g/mol. The molecule has 35 heavy (non-hydrogen) atoms. The third-order valence-electron chi connectivity index (χ3n) is 4.98. The number of carbonyl (C=O) groups is 1. The second-order valence-corrected chi connectivity index (χ2v) is 8.71. The van der Waals surface area contributed by atoms with Gasteiger partial charge in [-0.25, -0.2) is 8.78 Å². The Bertz CT molecular complexity index is 1400. The largest absolute Gasteiger partial charge is 0.437 e. The van der Waals surface area contributed by atoms with E-state index in [-0.39, 0.29) is 33.2 Å². The molecular weight excluding hydrogens is 554 g/mol. The van der Waals surface area contributed by atoms with Crippen LogP contribution >= 0.6 is 27.5 Å². The van der Waals surface area contributed by atoms with Gasteiger partial charge in [0.1, 0.15) is 11.3 Å². The molecule has 0 atom stereocenters. The van der Waals surface area contributed by atoms with Crippen LogP contribution in [0.15, 0.2) is 71.2 Å². The minimum Gasteiger partial charge on any atom is -0.437 e. The van der Waals surface area contributed by atoms with Gasteiger partial charge in [0.05, 0.1) is 17.1 Å². The molecule has 3 aromatic carbocycles. The van der Waals surface area contributed by atoms with Gasteiger partial charge in [0, 0.05) is 21.0 Å². The number of rotatable bonds is 7. The summed E-state index contributed by atoms with van der Waals surface area (Å²) in [6.07, 6.45) is -2.74. The number of fused-ring (bicyclic) bond motifs is 1. The summed E-state index contributed by atoms with van der Waals surface area (Å²) >= 11 is 9.12. The van der Waals surface area contributed by atoms with Crippen LogP contribution in [0, 0.1) is 0 Å². The summed E-state index contributed by atoms with van der Waals surface area (Å²) in [7, 11) is 0. The van der Waals surface area contributed by atoms with Gasteiger partial charge in [0.15, 0.2) is 0 Å². The lowest BCUT2D eigenvalue weighted by Crippen LogP contribution is -2.35. The number of hydrogen-bond acceptors (Lipinski definition) is 4. The summed E-state index contributed by atoms with van der Waals surface area (Å²) in [5.41, 5.74) is -0.612. The third kappa shape index (κ3) is 5.54. The van der Waals surface area contributed by atoms with E-state index >= 15 is 0 Å². The van der Waals surface area contributed by atoms with Gasteiger partial charge >= 0.3 is 0 Å². The van der Waals surface area contributed by atoms with Crippen LogP contribution in [0.3, 0.4) is 0 Å². The van der Waals surface area contributed by atoms with Crippen LogP contribution in [0.5, 0.6) is 11.6 Å². The molecule has 5 nitrogen and oxygen atoms in total. The molecule has 0 saturated carbocycles. The van der Waals surface area contributed by atoms with Crippen molar-refractivity contribution in [3.63, 3.8) is 0 Å². The van der Waals surface area contributed by atoms with E-state index in [9.17, 15) is 22.4 Å². The first-order valence-corrected chi connectivity index (χ1v) is 11.3. The zero-order valence-electron chi connectivity index (χ0n) is 17.6. The maximum atomic E-state index is 14.9. The van der Waals surface area contributed by atoms with Gasteiger partial charge in [-0.3, -0.25) is 4.79 Å². The standard InChI is InChI=1S/C24H15BrClF4N3O2/c25-14-8-9-17(18(26)11-14)24(29,30)12-31-22(34)20-16-6-1-2-7-19(16)32-33-23(20)35-15-5-3-4-13(10-15)21(27)28/h1-11,21H,12H2,(H,31,34). The minimum absolute atomic E-state index is 0.0200. The highest BCUT2D eigenvalue weighted by Gasteiger charge is 2.35. The Morgan fingerprint density at radius 1 is 1.06 bits per heavy atom. The molecule has 1 heterocycles. The summed E-state index contributed by atoms with van der Waals surface area (Å²) in [4.78, 5) is 13.1. The van der Waals surface area contributed by atoms with Crippen molar-refractivity contribution in [3.8, 4) is 11.6 Å². The van der Waals surface area contributed by atoms with Crippen molar-refractivity contribution in [2.24, 2.45) is 0 Å². The fraction of sp³-hybridized carbons (Fsp3) is 0.125. The normalized spacial score (nSPS) is 11.6. The van der Waals surface area contributed by atoms with Crippen LogP contribution in [0.25, 0.3) is 10.9 Å². The minimum atomic E-state index is -3.49. The van der Waals surface area contributed by atoms with Crippen molar-refractivity contribution in [2.75, 3.05) is 6.54 Å². The fourth-order valence-corrected chi connectivity index (χ4v) is 4.13. The first-order chi connectivity index (χ1) is 16.7. The molecule has 0 aliphatic carbocycles. The Morgan fingerprint density at radius 3 is 2.57 bits per heavy atom. The predicted octanol–water partition coefficient (Wildman–Crippen LogP) is 7.30. The highest BCUT2D eigenvalue weighted by molar-refractivity contribution is 9.10. The second kappa shape index (κ2) is 10.2. The van der Waals surface area contributed by atoms with Gasteiger partial charge in [-0.1, -0.05) is 63.9 Å². The number of alkyl halides is 4. The summed E-state index contributed by atoms with van der Waals surface area (Å²) < 4.78 is 62.0. The Balaban J connectivity index is 1.66. The zero-order valence-corrected chi connectivity index (χ0v) is 20.0. The molecule has 0 spiro atoms. The lowest BCUT2D eigenvalue weighted by Gasteiger charge is -2.19. The Hall–Kier alpha value is -3.24. The molecule has 0 saturated heterocycles. The van der Waals surface area contributed by atoms with E-state index in [1.807, 2.05) is 0 Å². The van der Waals surface area contributed by atoms with E-state index in [0.717, 1.165) is 12.1 Å². The van der Waals surface area contributed by atoms with Crippen molar-refractivity contribution in [3.05, 3.63) is 92.9 Å². The van der Waals surface area contributed by atoms with Crippen LogP contribution in [-0.4, -0.2) is 22.6 Å².